The molecule has 39 heavy (non-hydrogen) atoms. The first-order valence-electron chi connectivity index (χ1n) is 12.4. The van der Waals surface area contributed by atoms with Gasteiger partial charge in [0.15, 0.2) is 5.60 Å². The molecular formula is C26H28ClF5N4O3. The number of fused-ring (bicyclic) bond motifs is 2. The Labute approximate surface area is 227 Å². The number of nitrogens with zero attached hydrogens (tertiary/aromatic N) is 2. The molecule has 3 heterocycles. The van der Waals surface area contributed by atoms with E-state index in [0.717, 1.165) is 18.9 Å². The van der Waals surface area contributed by atoms with Crippen molar-refractivity contribution in [3.8, 4) is 5.75 Å². The second-order valence-corrected chi connectivity index (χ2v) is 10.7. The highest BCUT2D eigenvalue weighted by molar-refractivity contribution is 6.30. The molecule has 2 amide bonds. The number of piperidine rings is 1. The van der Waals surface area contributed by atoms with E-state index in [1.165, 1.54) is 38.2 Å². The summed E-state index contributed by atoms with van der Waals surface area (Å²) in [6, 6.07) is 6.81. The molecule has 2 N–H and O–H groups in total. The van der Waals surface area contributed by atoms with Crippen LogP contribution in [0, 0.1) is 0 Å². The fourth-order valence-corrected chi connectivity index (χ4v) is 5.27. The normalized spacial score (nSPS) is 21.2. The second-order valence-electron chi connectivity index (χ2n) is 10.2. The lowest BCUT2D eigenvalue weighted by atomic mass is 9.96. The van der Waals surface area contributed by atoms with E-state index in [1.807, 2.05) is 5.32 Å². The number of carbonyl (C=O) groups excluding carboxylic acids is 2. The summed E-state index contributed by atoms with van der Waals surface area (Å²) in [7, 11) is 0. The minimum atomic E-state index is -4.51. The zero-order chi connectivity index (χ0) is 28.5. The topological polar surface area (TPSA) is 83.6 Å². The van der Waals surface area contributed by atoms with E-state index in [1.54, 1.807) is 6.07 Å². The Hall–Kier alpha value is -3.15. The van der Waals surface area contributed by atoms with Gasteiger partial charge < -0.3 is 20.3 Å². The molecule has 0 spiro atoms. The summed E-state index contributed by atoms with van der Waals surface area (Å²) >= 11 is 5.83. The SMILES string of the molecule is CC(C)(Oc1ccc(Cl)cc1C(F)F)C(=O)NC1C[C@H]2CC[C@@H](C1)N2c1ccc(C(=O)NCC(F)(F)F)cn1. The second kappa shape index (κ2) is 11.1. The van der Waals surface area contributed by atoms with Crippen LogP contribution in [-0.4, -0.2) is 53.2 Å². The number of alkyl halides is 5. The molecule has 1 aromatic heterocycles. The molecule has 1 aromatic carbocycles. The molecule has 2 saturated heterocycles. The van der Waals surface area contributed by atoms with E-state index in [2.05, 4.69) is 15.2 Å². The van der Waals surface area contributed by atoms with Crippen LogP contribution in [0.25, 0.3) is 0 Å². The number of pyridine rings is 1. The van der Waals surface area contributed by atoms with Crippen molar-refractivity contribution >= 4 is 29.2 Å². The smallest absolute Gasteiger partial charge is 0.405 e. The zero-order valence-corrected chi connectivity index (χ0v) is 22.0. The lowest BCUT2D eigenvalue weighted by Crippen LogP contribution is -2.55. The maximum atomic E-state index is 13.5. The van der Waals surface area contributed by atoms with Crippen molar-refractivity contribution in [2.24, 2.45) is 0 Å². The third-order valence-corrected chi connectivity index (χ3v) is 7.15. The molecule has 13 heteroatoms. The molecule has 3 atom stereocenters. The number of benzene rings is 1. The number of anilines is 1. The van der Waals surface area contributed by atoms with Crippen LogP contribution in [-0.2, 0) is 4.79 Å². The van der Waals surface area contributed by atoms with Crippen molar-refractivity contribution in [3.05, 3.63) is 52.7 Å². The van der Waals surface area contributed by atoms with Gasteiger partial charge in [-0.3, -0.25) is 9.59 Å². The Balaban J connectivity index is 1.37. The minimum Gasteiger partial charge on any atom is -0.478 e. The van der Waals surface area contributed by atoms with E-state index in [-0.39, 0.29) is 34.5 Å². The van der Waals surface area contributed by atoms with Crippen LogP contribution in [0.4, 0.5) is 27.8 Å². The van der Waals surface area contributed by atoms with Crippen molar-refractivity contribution in [1.29, 1.82) is 0 Å². The van der Waals surface area contributed by atoms with Crippen LogP contribution in [0.15, 0.2) is 36.5 Å². The number of halogens is 6. The molecule has 1 unspecified atom stereocenters. The summed E-state index contributed by atoms with van der Waals surface area (Å²) in [6.07, 6.45) is -3.15. The largest absolute Gasteiger partial charge is 0.478 e. The highest BCUT2D eigenvalue weighted by Gasteiger charge is 2.43. The monoisotopic (exact) mass is 574 g/mol. The minimum absolute atomic E-state index is 0.0235. The molecule has 0 aliphatic carbocycles. The Bertz CT molecular complexity index is 1200. The molecule has 2 aromatic rings. The maximum absolute atomic E-state index is 13.5. The molecule has 0 radical (unpaired) electrons. The Morgan fingerprint density at radius 2 is 1.79 bits per heavy atom. The van der Waals surface area contributed by atoms with Crippen LogP contribution >= 0.6 is 11.6 Å². The van der Waals surface area contributed by atoms with Crippen molar-refractivity contribution in [2.75, 3.05) is 11.4 Å². The number of nitrogens with one attached hydrogen (secondary N) is 2. The Kier molecular flexibility index (Phi) is 8.25. The van der Waals surface area contributed by atoms with E-state index in [4.69, 9.17) is 16.3 Å². The van der Waals surface area contributed by atoms with Gasteiger partial charge in [0, 0.05) is 29.3 Å². The van der Waals surface area contributed by atoms with Crippen molar-refractivity contribution in [1.82, 2.24) is 15.6 Å². The maximum Gasteiger partial charge on any atom is 0.405 e. The van der Waals surface area contributed by atoms with Crippen molar-refractivity contribution in [3.63, 3.8) is 0 Å². The summed E-state index contributed by atoms with van der Waals surface area (Å²) in [6.45, 7) is 1.59. The zero-order valence-electron chi connectivity index (χ0n) is 21.2. The number of ether oxygens (including phenoxy) is 1. The van der Waals surface area contributed by atoms with Gasteiger partial charge >= 0.3 is 6.18 Å². The summed E-state index contributed by atoms with van der Waals surface area (Å²) < 4.78 is 69.7. The van der Waals surface area contributed by atoms with Gasteiger partial charge in [0.1, 0.15) is 18.1 Å². The summed E-state index contributed by atoms with van der Waals surface area (Å²) in [5.74, 6) is -0.820. The lowest BCUT2D eigenvalue weighted by molar-refractivity contribution is -0.135. The third-order valence-electron chi connectivity index (χ3n) is 6.91. The van der Waals surface area contributed by atoms with E-state index in [0.29, 0.717) is 18.7 Å². The van der Waals surface area contributed by atoms with Gasteiger partial charge in [0.05, 0.1) is 11.1 Å². The third kappa shape index (κ3) is 6.90. The molecule has 2 bridgehead atoms. The standard InChI is InChI=1S/C26H28ClF5N4O3/c1-25(2,39-20-7-4-15(27)9-19(20)22(28)29)24(38)35-16-10-17-5-6-18(11-16)36(17)21-8-3-14(12-33-21)23(37)34-13-26(30,31)32/h3-4,7-9,12,16-18,22H,5-6,10-11,13H2,1-2H3,(H,34,37)(H,35,38)/t16?,17-,18+. The Morgan fingerprint density at radius 3 is 2.36 bits per heavy atom. The Morgan fingerprint density at radius 1 is 1.13 bits per heavy atom. The van der Waals surface area contributed by atoms with Crippen LogP contribution < -0.4 is 20.3 Å². The summed E-state index contributed by atoms with van der Waals surface area (Å²) in [5, 5.41) is 4.95. The number of carbonyl (C=O) groups is 2. The average molecular weight is 575 g/mol. The van der Waals surface area contributed by atoms with E-state index >= 15 is 0 Å². The molecule has 212 valence electrons. The van der Waals surface area contributed by atoms with Gasteiger partial charge in [-0.25, -0.2) is 13.8 Å². The van der Waals surface area contributed by atoms with Gasteiger partial charge in [-0.05, 0) is 69.9 Å². The number of hydrogen-bond acceptors (Lipinski definition) is 5. The average Bonchev–Trinajstić information content (AvgIpc) is 3.13. The first-order chi connectivity index (χ1) is 18.2. The van der Waals surface area contributed by atoms with E-state index in [9.17, 15) is 31.5 Å². The summed E-state index contributed by atoms with van der Waals surface area (Å²) in [4.78, 5) is 31.5. The van der Waals surface area contributed by atoms with Crippen LogP contribution in [0.3, 0.4) is 0 Å². The molecule has 2 aliphatic heterocycles. The van der Waals surface area contributed by atoms with E-state index < -0.39 is 42.1 Å². The highest BCUT2D eigenvalue weighted by Crippen LogP contribution is 2.39. The molecule has 2 aliphatic rings. The van der Waals surface area contributed by atoms with Crippen molar-refractivity contribution in [2.45, 2.75) is 75.9 Å². The predicted octanol–water partition coefficient (Wildman–Crippen LogP) is 5.44. The van der Waals surface area contributed by atoms with Gasteiger partial charge in [-0.1, -0.05) is 11.6 Å². The fraction of sp³-hybridized carbons (Fsp3) is 0.500. The molecule has 0 saturated carbocycles. The van der Waals surface area contributed by atoms with Gasteiger partial charge in [-0.15, -0.1) is 0 Å². The predicted molar refractivity (Wildman–Crippen MR) is 134 cm³/mol. The molecule has 4 rings (SSSR count). The van der Waals surface area contributed by atoms with Crippen molar-refractivity contribution < 1.29 is 36.3 Å². The molecular weight excluding hydrogens is 547 g/mol. The number of rotatable bonds is 8. The molecule has 7 nitrogen and oxygen atoms in total. The quantitative estimate of drug-likeness (QED) is 0.410. The number of amides is 2. The van der Waals surface area contributed by atoms with Crippen LogP contribution in [0.1, 0.15) is 61.9 Å². The lowest BCUT2D eigenvalue weighted by Gasteiger charge is -2.41. The van der Waals surface area contributed by atoms with Crippen LogP contribution in [0.5, 0.6) is 5.75 Å². The van der Waals surface area contributed by atoms with Gasteiger partial charge in [0.2, 0.25) is 0 Å². The molecule has 2 fully saturated rings. The van der Waals surface area contributed by atoms with Gasteiger partial charge in [-0.2, -0.15) is 13.2 Å². The number of aromatic nitrogens is 1. The number of hydrogen-bond donors (Lipinski definition) is 2. The van der Waals surface area contributed by atoms with Gasteiger partial charge in [0.25, 0.3) is 18.2 Å². The highest BCUT2D eigenvalue weighted by atomic mass is 35.5. The fourth-order valence-electron chi connectivity index (χ4n) is 5.09. The first-order valence-corrected chi connectivity index (χ1v) is 12.8. The van der Waals surface area contributed by atoms with Crippen LogP contribution in [0.2, 0.25) is 5.02 Å². The first kappa shape index (κ1) is 28.8. The summed E-state index contributed by atoms with van der Waals surface area (Å²) in [5.41, 5.74) is -1.81.